The first-order chi connectivity index (χ1) is 9.90. The van der Waals surface area contributed by atoms with Crippen molar-refractivity contribution in [2.75, 3.05) is 19.8 Å². The van der Waals surface area contributed by atoms with E-state index in [4.69, 9.17) is 9.47 Å². The minimum atomic E-state index is -4.32. The van der Waals surface area contributed by atoms with Crippen molar-refractivity contribution in [2.45, 2.75) is 52.0 Å². The summed E-state index contributed by atoms with van der Waals surface area (Å²) in [6.45, 7) is 4.47. The largest absolute Gasteiger partial charge is 0.392 e. The van der Waals surface area contributed by atoms with Crippen LogP contribution in [0.25, 0.3) is 0 Å². The highest BCUT2D eigenvalue weighted by Crippen LogP contribution is 2.41. The molecular weight excluding hydrogens is 287 g/mol. The zero-order valence-corrected chi connectivity index (χ0v) is 12.5. The van der Waals surface area contributed by atoms with Crippen molar-refractivity contribution in [1.29, 1.82) is 0 Å². The normalized spacial score (nSPS) is 23.3. The second-order valence-electron chi connectivity index (χ2n) is 5.12. The summed E-state index contributed by atoms with van der Waals surface area (Å²) in [4.78, 5) is 12.0. The van der Waals surface area contributed by atoms with Crippen LogP contribution in [0.4, 0.5) is 13.2 Å². The van der Waals surface area contributed by atoms with E-state index in [2.05, 4.69) is 5.32 Å². The molecule has 7 heteroatoms. The standard InChI is InChI=1S/C14H24F3NO3/c1-3-20-12(21-4-2)9-18-13(19)10-7-5-6-8-11(10)14(15,16)17/h10-12H,3-9H2,1-2H3,(H,18,19). The number of hydrogen-bond donors (Lipinski definition) is 1. The molecule has 0 spiro atoms. The maximum atomic E-state index is 13.0. The summed E-state index contributed by atoms with van der Waals surface area (Å²) in [5, 5.41) is 2.54. The van der Waals surface area contributed by atoms with Crippen LogP contribution in [0.15, 0.2) is 0 Å². The van der Waals surface area contributed by atoms with Gasteiger partial charge in [0.15, 0.2) is 6.29 Å². The third kappa shape index (κ3) is 5.82. The molecule has 0 radical (unpaired) electrons. The average molecular weight is 311 g/mol. The number of carbonyl (C=O) groups excluding carboxylic acids is 1. The summed E-state index contributed by atoms with van der Waals surface area (Å²) < 4.78 is 49.4. The Kier molecular flexibility index (Phi) is 7.45. The molecular formula is C14H24F3NO3. The highest BCUT2D eigenvalue weighted by molar-refractivity contribution is 5.79. The highest BCUT2D eigenvalue weighted by Gasteiger charge is 2.47. The SMILES string of the molecule is CCOC(CNC(=O)C1CCCCC1C(F)(F)F)OCC. The fourth-order valence-corrected chi connectivity index (χ4v) is 2.69. The lowest BCUT2D eigenvalue weighted by molar-refractivity contribution is -0.198. The van der Waals surface area contributed by atoms with Gasteiger partial charge >= 0.3 is 6.18 Å². The molecule has 2 unspecified atom stereocenters. The number of ether oxygens (including phenoxy) is 2. The molecule has 1 amide bonds. The van der Waals surface area contributed by atoms with E-state index in [1.807, 2.05) is 0 Å². The van der Waals surface area contributed by atoms with Gasteiger partial charge in [-0.1, -0.05) is 12.8 Å². The van der Waals surface area contributed by atoms with Crippen LogP contribution in [-0.2, 0) is 14.3 Å². The van der Waals surface area contributed by atoms with Crippen LogP contribution in [0.3, 0.4) is 0 Å². The van der Waals surface area contributed by atoms with Gasteiger partial charge in [0, 0.05) is 19.1 Å². The number of hydrogen-bond acceptors (Lipinski definition) is 3. The molecule has 2 atom stereocenters. The highest BCUT2D eigenvalue weighted by atomic mass is 19.4. The number of alkyl halides is 3. The van der Waals surface area contributed by atoms with E-state index in [9.17, 15) is 18.0 Å². The van der Waals surface area contributed by atoms with Crippen molar-refractivity contribution in [3.63, 3.8) is 0 Å². The second-order valence-corrected chi connectivity index (χ2v) is 5.12. The first-order valence-corrected chi connectivity index (χ1v) is 7.47. The fourth-order valence-electron chi connectivity index (χ4n) is 2.69. The Morgan fingerprint density at radius 3 is 2.29 bits per heavy atom. The van der Waals surface area contributed by atoms with Crippen molar-refractivity contribution in [2.24, 2.45) is 11.8 Å². The van der Waals surface area contributed by atoms with E-state index in [1.54, 1.807) is 13.8 Å². The number of halogens is 3. The Morgan fingerprint density at radius 2 is 1.76 bits per heavy atom. The molecule has 0 aliphatic heterocycles. The number of rotatable bonds is 7. The van der Waals surface area contributed by atoms with E-state index in [1.165, 1.54) is 0 Å². The predicted octanol–water partition coefficient (Wildman–Crippen LogP) is 2.87. The molecule has 1 N–H and O–H groups in total. The average Bonchev–Trinajstić information content (AvgIpc) is 2.44. The molecule has 0 saturated heterocycles. The minimum Gasteiger partial charge on any atom is -0.351 e. The summed E-state index contributed by atoms with van der Waals surface area (Å²) in [6, 6.07) is 0. The molecule has 0 aromatic heterocycles. The van der Waals surface area contributed by atoms with Gasteiger partial charge in [0.1, 0.15) is 0 Å². The Hall–Kier alpha value is -0.820. The molecule has 1 rings (SSSR count). The lowest BCUT2D eigenvalue weighted by atomic mass is 9.78. The minimum absolute atomic E-state index is 0.0297. The third-order valence-electron chi connectivity index (χ3n) is 3.67. The van der Waals surface area contributed by atoms with Gasteiger partial charge in [0.25, 0.3) is 0 Å². The van der Waals surface area contributed by atoms with Gasteiger partial charge in [0.05, 0.1) is 12.5 Å². The molecule has 0 bridgehead atoms. The van der Waals surface area contributed by atoms with Crippen LogP contribution in [0.5, 0.6) is 0 Å². The molecule has 0 aromatic carbocycles. The van der Waals surface area contributed by atoms with Crippen LogP contribution >= 0.6 is 0 Å². The van der Waals surface area contributed by atoms with Crippen molar-refractivity contribution in [1.82, 2.24) is 5.32 Å². The van der Waals surface area contributed by atoms with Crippen molar-refractivity contribution >= 4 is 5.91 Å². The monoisotopic (exact) mass is 311 g/mol. The van der Waals surface area contributed by atoms with Crippen LogP contribution < -0.4 is 5.32 Å². The molecule has 1 aliphatic carbocycles. The Labute approximate surface area is 123 Å². The lowest BCUT2D eigenvalue weighted by Crippen LogP contribution is -2.45. The van der Waals surface area contributed by atoms with E-state index in [0.29, 0.717) is 26.1 Å². The molecule has 124 valence electrons. The van der Waals surface area contributed by atoms with Gasteiger partial charge in [-0.05, 0) is 26.7 Å². The molecule has 0 aromatic rings. The zero-order valence-electron chi connectivity index (χ0n) is 12.5. The second kappa shape index (κ2) is 8.58. The van der Waals surface area contributed by atoms with Crippen molar-refractivity contribution in [3.8, 4) is 0 Å². The molecule has 1 fully saturated rings. The summed E-state index contributed by atoms with van der Waals surface area (Å²) in [6.07, 6.45) is -3.44. The predicted molar refractivity (Wildman–Crippen MR) is 71.6 cm³/mol. The van der Waals surface area contributed by atoms with Gasteiger partial charge in [-0.25, -0.2) is 0 Å². The van der Waals surface area contributed by atoms with Crippen LogP contribution in [0.2, 0.25) is 0 Å². The lowest BCUT2D eigenvalue weighted by Gasteiger charge is -2.32. The van der Waals surface area contributed by atoms with Gasteiger partial charge < -0.3 is 14.8 Å². The van der Waals surface area contributed by atoms with Gasteiger partial charge in [-0.3, -0.25) is 4.79 Å². The Balaban J connectivity index is 2.55. The number of amides is 1. The van der Waals surface area contributed by atoms with Gasteiger partial charge in [-0.15, -0.1) is 0 Å². The first-order valence-electron chi connectivity index (χ1n) is 7.47. The molecule has 4 nitrogen and oxygen atoms in total. The van der Waals surface area contributed by atoms with Gasteiger partial charge in [0.2, 0.25) is 5.91 Å². The van der Waals surface area contributed by atoms with Gasteiger partial charge in [-0.2, -0.15) is 13.2 Å². The van der Waals surface area contributed by atoms with E-state index in [-0.39, 0.29) is 19.4 Å². The van der Waals surface area contributed by atoms with Crippen LogP contribution in [-0.4, -0.2) is 38.1 Å². The topological polar surface area (TPSA) is 47.6 Å². The molecule has 1 saturated carbocycles. The Morgan fingerprint density at radius 1 is 1.19 bits per heavy atom. The molecule has 1 aliphatic rings. The quantitative estimate of drug-likeness (QED) is 0.736. The van der Waals surface area contributed by atoms with Crippen molar-refractivity contribution < 1.29 is 27.4 Å². The molecule has 0 heterocycles. The fraction of sp³-hybridized carbons (Fsp3) is 0.929. The van der Waals surface area contributed by atoms with Crippen LogP contribution in [0, 0.1) is 11.8 Å². The van der Waals surface area contributed by atoms with E-state index >= 15 is 0 Å². The number of carbonyl (C=O) groups is 1. The zero-order chi connectivity index (χ0) is 15.9. The number of nitrogens with one attached hydrogen (secondary N) is 1. The first kappa shape index (κ1) is 18.2. The molecule has 21 heavy (non-hydrogen) atoms. The van der Waals surface area contributed by atoms with E-state index < -0.39 is 30.2 Å². The van der Waals surface area contributed by atoms with E-state index in [0.717, 1.165) is 0 Å². The maximum absolute atomic E-state index is 13.0. The van der Waals surface area contributed by atoms with Crippen molar-refractivity contribution in [3.05, 3.63) is 0 Å². The summed E-state index contributed by atoms with van der Waals surface area (Å²) in [5.74, 6) is -3.09. The summed E-state index contributed by atoms with van der Waals surface area (Å²) in [7, 11) is 0. The summed E-state index contributed by atoms with van der Waals surface area (Å²) >= 11 is 0. The smallest absolute Gasteiger partial charge is 0.351 e. The van der Waals surface area contributed by atoms with Crippen LogP contribution in [0.1, 0.15) is 39.5 Å². The summed E-state index contributed by atoms with van der Waals surface area (Å²) in [5.41, 5.74) is 0. The maximum Gasteiger partial charge on any atom is 0.392 e. The Bertz CT molecular complexity index is 317. The third-order valence-corrected chi connectivity index (χ3v) is 3.67.